The first kappa shape index (κ1) is 15.8. The molecule has 0 bridgehead atoms. The molecule has 23 heavy (non-hydrogen) atoms. The normalized spacial score (nSPS) is 16.0. The zero-order chi connectivity index (χ0) is 16.2. The van der Waals surface area contributed by atoms with Crippen LogP contribution in [0.4, 0.5) is 0 Å². The number of hydrogen-bond acceptors (Lipinski definition) is 1. The smallest absolute Gasteiger partial charge is 0.227 e. The monoisotopic (exact) mass is 325 g/mol. The van der Waals surface area contributed by atoms with E-state index in [2.05, 4.69) is 24.8 Å². The van der Waals surface area contributed by atoms with Gasteiger partial charge in [-0.2, -0.15) is 0 Å². The summed E-state index contributed by atoms with van der Waals surface area (Å²) >= 11 is 6.20. The van der Waals surface area contributed by atoms with Gasteiger partial charge in [0.2, 0.25) is 5.91 Å². The van der Waals surface area contributed by atoms with E-state index in [0.717, 1.165) is 18.4 Å². The fraction of sp³-hybridized carbons (Fsp3) is 0.250. The van der Waals surface area contributed by atoms with E-state index in [1.54, 1.807) is 6.08 Å². The second-order valence-electron chi connectivity index (χ2n) is 5.86. The molecule has 0 N–H and O–H groups in total. The number of rotatable bonds is 5. The Morgan fingerprint density at radius 2 is 1.96 bits per heavy atom. The average molecular weight is 326 g/mol. The lowest BCUT2D eigenvalue weighted by molar-refractivity contribution is -0.132. The van der Waals surface area contributed by atoms with Crippen molar-refractivity contribution in [3.63, 3.8) is 0 Å². The van der Waals surface area contributed by atoms with Crippen molar-refractivity contribution in [2.75, 3.05) is 6.54 Å². The third-order valence-electron chi connectivity index (χ3n) is 4.42. The summed E-state index contributed by atoms with van der Waals surface area (Å²) < 4.78 is 0. The summed E-state index contributed by atoms with van der Waals surface area (Å²) in [7, 11) is 0. The number of nitrogens with zero attached hydrogens (tertiary/aromatic N) is 1. The van der Waals surface area contributed by atoms with Gasteiger partial charge < -0.3 is 4.90 Å². The lowest BCUT2D eigenvalue weighted by Crippen LogP contribution is -2.35. The Hall–Kier alpha value is -2.06. The van der Waals surface area contributed by atoms with Gasteiger partial charge in [0.15, 0.2) is 0 Å². The van der Waals surface area contributed by atoms with Crippen LogP contribution in [0.15, 0.2) is 61.2 Å². The van der Waals surface area contributed by atoms with Crippen LogP contribution in [0.5, 0.6) is 0 Å². The van der Waals surface area contributed by atoms with Gasteiger partial charge in [0.05, 0.1) is 12.5 Å². The highest BCUT2D eigenvalue weighted by atomic mass is 35.5. The Balaban J connectivity index is 1.83. The zero-order valence-electron chi connectivity index (χ0n) is 13.0. The number of carbonyl (C=O) groups excluding carboxylic acids is 1. The molecule has 2 aromatic carbocycles. The molecule has 1 aliphatic carbocycles. The van der Waals surface area contributed by atoms with Crippen molar-refractivity contribution in [3.8, 4) is 0 Å². The Morgan fingerprint density at radius 3 is 2.74 bits per heavy atom. The van der Waals surface area contributed by atoms with E-state index in [0.29, 0.717) is 18.0 Å². The molecule has 1 aliphatic rings. The topological polar surface area (TPSA) is 20.3 Å². The van der Waals surface area contributed by atoms with Gasteiger partial charge in [-0.3, -0.25) is 4.79 Å². The first-order chi connectivity index (χ1) is 11.2. The maximum atomic E-state index is 12.9. The van der Waals surface area contributed by atoms with Gasteiger partial charge in [-0.05, 0) is 35.6 Å². The van der Waals surface area contributed by atoms with Gasteiger partial charge in [-0.25, -0.2) is 0 Å². The second kappa shape index (κ2) is 7.01. The van der Waals surface area contributed by atoms with Gasteiger partial charge in [0.1, 0.15) is 0 Å². The minimum absolute atomic E-state index is 0.0969. The molecule has 0 spiro atoms. The zero-order valence-corrected chi connectivity index (χ0v) is 13.8. The molecule has 2 aromatic rings. The number of benzene rings is 2. The molecule has 3 heteroatoms. The van der Waals surface area contributed by atoms with E-state index in [1.165, 1.54) is 11.1 Å². The van der Waals surface area contributed by atoms with Gasteiger partial charge >= 0.3 is 0 Å². The number of aryl methyl sites for hydroxylation is 1. The number of fused-ring (bicyclic) bond motifs is 1. The van der Waals surface area contributed by atoms with Crippen LogP contribution in [-0.2, 0) is 17.6 Å². The maximum Gasteiger partial charge on any atom is 0.227 e. The fourth-order valence-electron chi connectivity index (χ4n) is 3.31. The van der Waals surface area contributed by atoms with Crippen LogP contribution in [0.1, 0.15) is 29.2 Å². The summed E-state index contributed by atoms with van der Waals surface area (Å²) in [5.74, 6) is 0.0969. The lowest BCUT2D eigenvalue weighted by Gasteiger charge is -2.29. The molecular formula is C20H20ClNO. The van der Waals surface area contributed by atoms with Crippen LogP contribution < -0.4 is 0 Å². The molecule has 0 aliphatic heterocycles. The van der Waals surface area contributed by atoms with Crippen LogP contribution in [0.2, 0.25) is 5.02 Å². The van der Waals surface area contributed by atoms with Crippen molar-refractivity contribution >= 4 is 17.5 Å². The minimum Gasteiger partial charge on any atom is -0.332 e. The highest BCUT2D eigenvalue weighted by Crippen LogP contribution is 2.36. The molecule has 118 valence electrons. The fourth-order valence-corrected chi connectivity index (χ4v) is 3.51. The molecule has 0 heterocycles. The largest absolute Gasteiger partial charge is 0.332 e. The van der Waals surface area contributed by atoms with Gasteiger partial charge in [0.25, 0.3) is 0 Å². The highest BCUT2D eigenvalue weighted by molar-refractivity contribution is 6.31. The third-order valence-corrected chi connectivity index (χ3v) is 4.79. The average Bonchev–Trinajstić information content (AvgIpc) is 2.98. The van der Waals surface area contributed by atoms with Crippen LogP contribution in [0.3, 0.4) is 0 Å². The number of carbonyl (C=O) groups is 1. The van der Waals surface area contributed by atoms with Crippen LogP contribution in [0, 0.1) is 0 Å². The van der Waals surface area contributed by atoms with E-state index in [-0.39, 0.29) is 11.9 Å². The van der Waals surface area contributed by atoms with Crippen molar-refractivity contribution in [2.45, 2.75) is 25.3 Å². The van der Waals surface area contributed by atoms with E-state index >= 15 is 0 Å². The standard InChI is InChI=1S/C20H20ClNO/c1-2-13-22(19-12-11-15-7-3-5-9-17(15)19)20(23)14-16-8-4-6-10-18(16)21/h2-10,19H,1,11-14H2/t19-/m0/s1. The predicted octanol–water partition coefficient (Wildman–Crippen LogP) is 4.58. The van der Waals surface area contributed by atoms with Crippen LogP contribution in [-0.4, -0.2) is 17.4 Å². The Kier molecular flexibility index (Phi) is 4.82. The second-order valence-corrected chi connectivity index (χ2v) is 6.26. The Morgan fingerprint density at radius 1 is 1.22 bits per heavy atom. The third kappa shape index (κ3) is 3.32. The molecule has 0 fully saturated rings. The highest BCUT2D eigenvalue weighted by Gasteiger charge is 2.30. The Labute approximate surface area is 142 Å². The van der Waals surface area contributed by atoms with E-state index in [1.807, 2.05) is 35.2 Å². The summed E-state index contributed by atoms with van der Waals surface area (Å²) in [6.45, 7) is 4.37. The van der Waals surface area contributed by atoms with Crippen LogP contribution in [0.25, 0.3) is 0 Å². The molecule has 0 radical (unpaired) electrons. The summed E-state index contributed by atoms with van der Waals surface area (Å²) in [5.41, 5.74) is 3.48. The SMILES string of the molecule is C=CCN(C(=O)Cc1ccccc1Cl)[C@H]1CCc2ccccc21. The summed E-state index contributed by atoms with van der Waals surface area (Å²) in [4.78, 5) is 14.8. The van der Waals surface area contributed by atoms with E-state index in [9.17, 15) is 4.79 Å². The maximum absolute atomic E-state index is 12.9. The number of hydrogen-bond donors (Lipinski definition) is 0. The molecule has 0 saturated heterocycles. The summed E-state index contributed by atoms with van der Waals surface area (Å²) in [5, 5.41) is 0.645. The number of amides is 1. The van der Waals surface area contributed by atoms with Gasteiger partial charge in [-0.1, -0.05) is 60.1 Å². The molecule has 3 rings (SSSR count). The molecule has 1 atom stereocenters. The van der Waals surface area contributed by atoms with Crippen molar-refractivity contribution in [1.82, 2.24) is 4.90 Å². The molecule has 2 nitrogen and oxygen atoms in total. The van der Waals surface area contributed by atoms with Gasteiger partial charge in [0, 0.05) is 11.6 Å². The molecule has 0 aromatic heterocycles. The Bertz CT molecular complexity index is 725. The van der Waals surface area contributed by atoms with E-state index in [4.69, 9.17) is 11.6 Å². The van der Waals surface area contributed by atoms with E-state index < -0.39 is 0 Å². The summed E-state index contributed by atoms with van der Waals surface area (Å²) in [6, 6.07) is 16.1. The van der Waals surface area contributed by atoms with Crippen molar-refractivity contribution in [2.24, 2.45) is 0 Å². The van der Waals surface area contributed by atoms with Crippen molar-refractivity contribution in [1.29, 1.82) is 0 Å². The first-order valence-corrected chi connectivity index (χ1v) is 8.30. The van der Waals surface area contributed by atoms with Gasteiger partial charge in [-0.15, -0.1) is 6.58 Å². The first-order valence-electron chi connectivity index (χ1n) is 7.92. The van der Waals surface area contributed by atoms with Crippen LogP contribution >= 0.6 is 11.6 Å². The minimum atomic E-state index is 0.0969. The molecule has 0 saturated carbocycles. The lowest BCUT2D eigenvalue weighted by atomic mass is 10.1. The summed E-state index contributed by atoms with van der Waals surface area (Å²) in [6.07, 6.45) is 4.12. The predicted molar refractivity (Wildman–Crippen MR) is 94.6 cm³/mol. The molecule has 0 unspecified atom stereocenters. The molecule has 1 amide bonds. The van der Waals surface area contributed by atoms with Crippen molar-refractivity contribution in [3.05, 3.63) is 82.9 Å². The van der Waals surface area contributed by atoms with Crippen molar-refractivity contribution < 1.29 is 4.79 Å². The molecular weight excluding hydrogens is 306 g/mol. The number of halogens is 1. The quantitative estimate of drug-likeness (QED) is 0.737.